The molecule has 1 amide bonds. The smallest absolute Gasteiger partial charge is 0.217 e. The van der Waals surface area contributed by atoms with Crippen LogP contribution in [0.1, 0.15) is 13.8 Å². The third kappa shape index (κ3) is 1.70. The van der Waals surface area contributed by atoms with Gasteiger partial charge in [-0.3, -0.25) is 4.79 Å². The summed E-state index contributed by atoms with van der Waals surface area (Å²) in [4.78, 5) is 10.6. The maximum absolute atomic E-state index is 10.6. The first-order valence-electron chi connectivity index (χ1n) is 3.68. The molecule has 0 spiro atoms. The zero-order valence-electron chi connectivity index (χ0n) is 6.48. The van der Waals surface area contributed by atoms with Gasteiger partial charge >= 0.3 is 0 Å². The number of hydrogen-bond donors (Lipinski definition) is 2. The van der Waals surface area contributed by atoms with Gasteiger partial charge in [0.15, 0.2) is 0 Å². The summed E-state index contributed by atoms with van der Waals surface area (Å²) in [5.74, 6) is 0.643. The van der Waals surface area contributed by atoms with Crippen LogP contribution in [0.4, 0.5) is 0 Å². The third-order valence-corrected chi connectivity index (χ3v) is 1.91. The molecule has 0 aliphatic carbocycles. The van der Waals surface area contributed by atoms with Crippen molar-refractivity contribution in [1.82, 2.24) is 10.6 Å². The van der Waals surface area contributed by atoms with Crippen LogP contribution in [0, 0.1) is 5.92 Å². The minimum Gasteiger partial charge on any atom is -0.352 e. The van der Waals surface area contributed by atoms with E-state index in [1.807, 2.05) is 0 Å². The topological polar surface area (TPSA) is 41.1 Å². The van der Waals surface area contributed by atoms with Crippen LogP contribution in [0.5, 0.6) is 0 Å². The first-order chi connectivity index (χ1) is 4.70. The van der Waals surface area contributed by atoms with Gasteiger partial charge in [-0.25, -0.2) is 0 Å². The first kappa shape index (κ1) is 7.54. The predicted molar refractivity (Wildman–Crippen MR) is 39.6 cm³/mol. The monoisotopic (exact) mass is 142 g/mol. The predicted octanol–water partition coefficient (Wildman–Crippen LogP) is -0.270. The quantitative estimate of drug-likeness (QED) is 0.529. The molecular weight excluding hydrogens is 128 g/mol. The minimum absolute atomic E-state index is 0.0700. The second-order valence-corrected chi connectivity index (χ2v) is 2.94. The van der Waals surface area contributed by atoms with Crippen molar-refractivity contribution in [2.45, 2.75) is 19.9 Å². The molecule has 1 aliphatic rings. The van der Waals surface area contributed by atoms with Crippen molar-refractivity contribution in [3.05, 3.63) is 0 Å². The van der Waals surface area contributed by atoms with Gasteiger partial charge in [0.1, 0.15) is 0 Å². The highest BCUT2D eigenvalue weighted by Gasteiger charge is 2.22. The highest BCUT2D eigenvalue weighted by molar-refractivity contribution is 5.73. The third-order valence-electron chi connectivity index (χ3n) is 1.91. The molecule has 0 radical (unpaired) electrons. The van der Waals surface area contributed by atoms with E-state index in [4.69, 9.17) is 0 Å². The average molecular weight is 142 g/mol. The van der Waals surface area contributed by atoms with E-state index in [-0.39, 0.29) is 5.91 Å². The number of amides is 1. The Bertz CT molecular complexity index is 136. The first-order valence-corrected chi connectivity index (χ1v) is 3.68. The minimum atomic E-state index is 0.0700. The van der Waals surface area contributed by atoms with E-state index in [1.165, 1.54) is 0 Å². The zero-order chi connectivity index (χ0) is 7.56. The Balaban J connectivity index is 2.33. The molecule has 2 atom stereocenters. The van der Waals surface area contributed by atoms with Gasteiger partial charge in [-0.1, -0.05) is 6.92 Å². The fraction of sp³-hybridized carbons (Fsp3) is 0.857. The summed E-state index contributed by atoms with van der Waals surface area (Å²) in [6, 6.07) is 0.345. The number of hydrogen-bond acceptors (Lipinski definition) is 2. The van der Waals surface area contributed by atoms with Crippen molar-refractivity contribution >= 4 is 5.91 Å². The van der Waals surface area contributed by atoms with Gasteiger partial charge in [-0.2, -0.15) is 0 Å². The lowest BCUT2D eigenvalue weighted by Crippen LogP contribution is -2.37. The molecule has 2 unspecified atom stereocenters. The highest BCUT2D eigenvalue weighted by atomic mass is 16.1. The molecule has 10 heavy (non-hydrogen) atoms. The molecule has 0 aromatic heterocycles. The Morgan fingerprint density at radius 3 is 2.70 bits per heavy atom. The van der Waals surface area contributed by atoms with Crippen LogP contribution in [0.15, 0.2) is 0 Å². The molecule has 2 N–H and O–H groups in total. The second kappa shape index (κ2) is 3.01. The van der Waals surface area contributed by atoms with Crippen molar-refractivity contribution < 1.29 is 4.79 Å². The van der Waals surface area contributed by atoms with E-state index < -0.39 is 0 Å². The van der Waals surface area contributed by atoms with Gasteiger partial charge < -0.3 is 10.6 Å². The average Bonchev–Trinajstić information content (AvgIpc) is 2.15. The summed E-state index contributed by atoms with van der Waals surface area (Å²) in [6.45, 7) is 5.64. The second-order valence-electron chi connectivity index (χ2n) is 2.94. The van der Waals surface area contributed by atoms with Crippen molar-refractivity contribution in [3.63, 3.8) is 0 Å². The Morgan fingerprint density at radius 1 is 1.60 bits per heavy atom. The summed E-state index contributed by atoms with van der Waals surface area (Å²) in [6.07, 6.45) is 0. The lowest BCUT2D eigenvalue weighted by atomic mass is 10.1. The molecule has 1 heterocycles. The number of carbonyl (C=O) groups is 1. The van der Waals surface area contributed by atoms with Gasteiger partial charge in [0, 0.05) is 19.5 Å². The fourth-order valence-corrected chi connectivity index (χ4v) is 1.26. The fourth-order valence-electron chi connectivity index (χ4n) is 1.26. The van der Waals surface area contributed by atoms with Gasteiger partial charge in [0.25, 0.3) is 0 Å². The van der Waals surface area contributed by atoms with Crippen molar-refractivity contribution in [1.29, 1.82) is 0 Å². The van der Waals surface area contributed by atoms with E-state index >= 15 is 0 Å². The molecule has 1 rings (SSSR count). The van der Waals surface area contributed by atoms with E-state index in [2.05, 4.69) is 17.6 Å². The van der Waals surface area contributed by atoms with Crippen molar-refractivity contribution in [3.8, 4) is 0 Å². The highest BCUT2D eigenvalue weighted by Crippen LogP contribution is 2.06. The molecule has 58 valence electrons. The summed E-state index contributed by atoms with van der Waals surface area (Å²) >= 11 is 0. The molecule has 1 fully saturated rings. The standard InChI is InChI=1S/C7H14N2O/c1-5-3-8-4-7(5)9-6(2)10/h5,7-8H,3-4H2,1-2H3,(H,9,10). The zero-order valence-corrected chi connectivity index (χ0v) is 6.48. The lowest BCUT2D eigenvalue weighted by molar-refractivity contribution is -0.119. The number of nitrogens with one attached hydrogen (secondary N) is 2. The van der Waals surface area contributed by atoms with Crippen LogP contribution in [-0.2, 0) is 4.79 Å². The Morgan fingerprint density at radius 2 is 2.30 bits per heavy atom. The van der Waals surface area contributed by atoms with Crippen molar-refractivity contribution in [2.24, 2.45) is 5.92 Å². The van der Waals surface area contributed by atoms with Crippen LogP contribution in [0.3, 0.4) is 0 Å². The molecule has 0 saturated carbocycles. The van der Waals surface area contributed by atoms with E-state index in [0.717, 1.165) is 13.1 Å². The molecule has 3 heteroatoms. The molecule has 0 bridgehead atoms. The van der Waals surface area contributed by atoms with Crippen LogP contribution in [-0.4, -0.2) is 25.0 Å². The van der Waals surface area contributed by atoms with Crippen LogP contribution < -0.4 is 10.6 Å². The largest absolute Gasteiger partial charge is 0.352 e. The molecule has 0 aromatic carbocycles. The summed E-state index contributed by atoms with van der Waals surface area (Å²) < 4.78 is 0. The van der Waals surface area contributed by atoms with Gasteiger partial charge in [-0.15, -0.1) is 0 Å². The van der Waals surface area contributed by atoms with Gasteiger partial charge in [0.2, 0.25) is 5.91 Å². The van der Waals surface area contributed by atoms with Gasteiger partial charge in [-0.05, 0) is 12.5 Å². The van der Waals surface area contributed by atoms with E-state index in [0.29, 0.717) is 12.0 Å². The molecular formula is C7H14N2O. The Labute approximate surface area is 61.2 Å². The molecule has 1 aliphatic heterocycles. The maximum atomic E-state index is 10.6. The van der Waals surface area contributed by atoms with Crippen LogP contribution >= 0.6 is 0 Å². The molecule has 1 saturated heterocycles. The van der Waals surface area contributed by atoms with Gasteiger partial charge in [0.05, 0.1) is 0 Å². The van der Waals surface area contributed by atoms with E-state index in [1.54, 1.807) is 6.92 Å². The molecule has 0 aromatic rings. The summed E-state index contributed by atoms with van der Waals surface area (Å²) in [7, 11) is 0. The number of carbonyl (C=O) groups excluding carboxylic acids is 1. The van der Waals surface area contributed by atoms with Crippen LogP contribution in [0.25, 0.3) is 0 Å². The van der Waals surface area contributed by atoms with E-state index in [9.17, 15) is 4.79 Å². The SMILES string of the molecule is CC(=O)NC1CNCC1C. The Hall–Kier alpha value is -0.570. The maximum Gasteiger partial charge on any atom is 0.217 e. The summed E-state index contributed by atoms with van der Waals surface area (Å²) in [5, 5.41) is 6.10. The Kier molecular flexibility index (Phi) is 2.27. The lowest BCUT2D eigenvalue weighted by Gasteiger charge is -2.13. The summed E-state index contributed by atoms with van der Waals surface area (Å²) in [5.41, 5.74) is 0. The molecule has 3 nitrogen and oxygen atoms in total. The van der Waals surface area contributed by atoms with Crippen molar-refractivity contribution in [2.75, 3.05) is 13.1 Å². The van der Waals surface area contributed by atoms with Crippen LogP contribution in [0.2, 0.25) is 0 Å². The normalized spacial score (nSPS) is 32.2. The number of rotatable bonds is 1.